The van der Waals surface area contributed by atoms with Gasteiger partial charge in [0.1, 0.15) is 11.5 Å². The predicted octanol–water partition coefficient (Wildman–Crippen LogP) is 2.40. The number of ether oxygens (including phenoxy) is 2. The van der Waals surface area contributed by atoms with Crippen LogP contribution in [0.5, 0.6) is 11.5 Å². The smallest absolute Gasteiger partial charge is 0.324 e. The number of hydrogen-bond donors (Lipinski definition) is 2. The van der Waals surface area contributed by atoms with Crippen LogP contribution in [0.1, 0.15) is 23.2 Å². The average Bonchev–Trinajstić information content (AvgIpc) is 3.24. The Bertz CT molecular complexity index is 1110. The van der Waals surface area contributed by atoms with Crippen molar-refractivity contribution in [3.63, 3.8) is 0 Å². The second-order valence-electron chi connectivity index (χ2n) is 9.22. The maximum atomic E-state index is 13.1. The van der Waals surface area contributed by atoms with E-state index in [2.05, 4.69) is 5.32 Å². The Hall–Kier alpha value is -3.63. The molecule has 0 unspecified atom stereocenters. The second-order valence-corrected chi connectivity index (χ2v) is 9.22. The zero-order valence-electron chi connectivity index (χ0n) is 20.0. The van der Waals surface area contributed by atoms with Gasteiger partial charge in [0.15, 0.2) is 0 Å². The van der Waals surface area contributed by atoms with E-state index >= 15 is 0 Å². The van der Waals surface area contributed by atoms with Crippen molar-refractivity contribution >= 4 is 23.6 Å². The molecule has 3 amide bonds. The van der Waals surface area contributed by atoms with Crippen molar-refractivity contribution in [2.45, 2.75) is 24.9 Å². The number of morpholine rings is 1. The summed E-state index contributed by atoms with van der Waals surface area (Å²) in [5, 5.41) is 12.3. The van der Waals surface area contributed by atoms with E-state index in [1.165, 1.54) is 0 Å². The van der Waals surface area contributed by atoms with Crippen LogP contribution in [0, 0.1) is 0 Å². The van der Waals surface area contributed by atoms with Crippen LogP contribution in [0.25, 0.3) is 0 Å². The lowest BCUT2D eigenvalue weighted by atomic mass is 10.1. The van der Waals surface area contributed by atoms with Crippen LogP contribution in [-0.4, -0.2) is 90.8 Å². The van der Waals surface area contributed by atoms with E-state index in [1.54, 1.807) is 34.1 Å². The summed E-state index contributed by atoms with van der Waals surface area (Å²) in [6.45, 7) is 4.25. The monoisotopic (exact) mass is 494 g/mol. The van der Waals surface area contributed by atoms with Crippen LogP contribution < -0.4 is 15.0 Å². The minimum Gasteiger partial charge on any atom is -0.481 e. The van der Waals surface area contributed by atoms with Crippen molar-refractivity contribution < 1.29 is 29.0 Å². The van der Waals surface area contributed by atoms with Crippen molar-refractivity contribution in [3.05, 3.63) is 54.1 Å². The van der Waals surface area contributed by atoms with Gasteiger partial charge >= 0.3 is 12.0 Å². The summed E-state index contributed by atoms with van der Waals surface area (Å²) < 4.78 is 11.4. The average molecular weight is 495 g/mol. The van der Waals surface area contributed by atoms with Crippen LogP contribution >= 0.6 is 0 Å². The molecule has 10 nitrogen and oxygen atoms in total. The molecule has 2 aromatic carbocycles. The molecule has 2 aromatic rings. The van der Waals surface area contributed by atoms with E-state index < -0.39 is 5.97 Å². The number of nitrogens with one attached hydrogen (secondary N) is 1. The normalized spacial score (nSPS) is 21.9. The number of carboxylic acids is 1. The number of carbonyl (C=O) groups is 3. The Morgan fingerprint density at radius 1 is 1.06 bits per heavy atom. The molecule has 36 heavy (non-hydrogen) atoms. The summed E-state index contributed by atoms with van der Waals surface area (Å²) in [5.74, 6) is 0.184. The van der Waals surface area contributed by atoms with E-state index in [1.807, 2.05) is 29.2 Å². The third-order valence-electron chi connectivity index (χ3n) is 6.89. The van der Waals surface area contributed by atoms with E-state index in [0.717, 1.165) is 25.3 Å². The van der Waals surface area contributed by atoms with Gasteiger partial charge in [0.05, 0.1) is 25.3 Å². The highest BCUT2D eigenvalue weighted by Gasteiger charge is 2.39. The number of nitrogens with zero attached hydrogens (tertiary/aromatic N) is 3. The molecule has 0 aliphatic carbocycles. The topological polar surface area (TPSA) is 112 Å². The summed E-state index contributed by atoms with van der Waals surface area (Å²) in [7, 11) is 0. The van der Waals surface area contributed by atoms with Gasteiger partial charge in [0, 0.05) is 50.4 Å². The van der Waals surface area contributed by atoms with Crippen LogP contribution in [0.4, 0.5) is 10.5 Å². The third kappa shape index (κ3) is 5.14. The zero-order chi connectivity index (χ0) is 25.1. The van der Waals surface area contributed by atoms with Crippen molar-refractivity contribution in [2.24, 2.45) is 0 Å². The van der Waals surface area contributed by atoms with Crippen LogP contribution in [0.15, 0.2) is 48.5 Å². The number of aliphatic carboxylic acids is 1. The first-order valence-corrected chi connectivity index (χ1v) is 12.3. The van der Waals surface area contributed by atoms with Crippen molar-refractivity contribution in [2.75, 3.05) is 50.8 Å². The maximum absolute atomic E-state index is 13.1. The number of amides is 3. The Balaban J connectivity index is 1.20. The van der Waals surface area contributed by atoms with Gasteiger partial charge in [-0.2, -0.15) is 0 Å². The summed E-state index contributed by atoms with van der Waals surface area (Å²) in [5.41, 5.74) is 1.35. The lowest BCUT2D eigenvalue weighted by molar-refractivity contribution is -0.137. The van der Waals surface area contributed by atoms with E-state index in [4.69, 9.17) is 14.6 Å². The molecule has 0 aromatic heterocycles. The molecule has 3 saturated heterocycles. The molecule has 0 bridgehead atoms. The highest BCUT2D eigenvalue weighted by atomic mass is 16.5. The van der Waals surface area contributed by atoms with Gasteiger partial charge in [0.2, 0.25) is 0 Å². The highest BCUT2D eigenvalue weighted by molar-refractivity contribution is 5.95. The molecule has 3 aliphatic rings. The fraction of sp³-hybridized carbons (Fsp3) is 0.423. The van der Waals surface area contributed by atoms with Gasteiger partial charge in [-0.15, -0.1) is 0 Å². The molecule has 3 aliphatic heterocycles. The van der Waals surface area contributed by atoms with E-state index in [9.17, 15) is 14.4 Å². The maximum Gasteiger partial charge on any atom is 0.324 e. The summed E-state index contributed by atoms with van der Waals surface area (Å²) >= 11 is 0. The number of piperazine rings is 1. The Labute approximate surface area is 209 Å². The van der Waals surface area contributed by atoms with E-state index in [-0.39, 0.29) is 30.4 Å². The number of carboxylic acid groups (broad SMARTS) is 1. The molecule has 10 heteroatoms. The molecule has 0 saturated carbocycles. The fourth-order valence-electron chi connectivity index (χ4n) is 4.95. The summed E-state index contributed by atoms with van der Waals surface area (Å²) in [6, 6.07) is 14.3. The first kappa shape index (κ1) is 24.1. The standard InChI is InChI=1S/C26H30N4O6/c31-24(32)10-5-20-17-35-14-13-28(20)25(33)18-1-6-22(7-2-18)36-23-8-3-19(4-9-23)30-16-21-15-27-11-12-29(21)26(30)34/h1-4,6-9,20-21,27H,5,10-17H2,(H,31,32)/t20-,21-/m0/s1. The first-order valence-electron chi connectivity index (χ1n) is 12.3. The van der Waals surface area contributed by atoms with Gasteiger partial charge in [-0.25, -0.2) is 4.79 Å². The second kappa shape index (κ2) is 10.5. The Morgan fingerprint density at radius 2 is 1.78 bits per heavy atom. The molecule has 0 spiro atoms. The third-order valence-corrected chi connectivity index (χ3v) is 6.89. The number of fused-ring (bicyclic) bond motifs is 1. The molecule has 2 atom stereocenters. The van der Waals surface area contributed by atoms with Gasteiger partial charge in [-0.3, -0.25) is 14.5 Å². The van der Waals surface area contributed by atoms with Gasteiger partial charge in [-0.1, -0.05) is 0 Å². The molecular formula is C26H30N4O6. The summed E-state index contributed by atoms with van der Waals surface area (Å²) in [4.78, 5) is 42.2. The predicted molar refractivity (Wildman–Crippen MR) is 132 cm³/mol. The van der Waals surface area contributed by atoms with Crippen molar-refractivity contribution in [1.82, 2.24) is 15.1 Å². The fourth-order valence-corrected chi connectivity index (χ4v) is 4.95. The number of benzene rings is 2. The molecule has 0 radical (unpaired) electrons. The van der Waals surface area contributed by atoms with E-state index in [0.29, 0.717) is 49.8 Å². The van der Waals surface area contributed by atoms with Gasteiger partial charge in [-0.05, 0) is 55.0 Å². The largest absolute Gasteiger partial charge is 0.481 e. The highest BCUT2D eigenvalue weighted by Crippen LogP contribution is 2.29. The van der Waals surface area contributed by atoms with Gasteiger partial charge in [0.25, 0.3) is 5.91 Å². The lowest BCUT2D eigenvalue weighted by Crippen LogP contribution is -2.49. The number of urea groups is 1. The van der Waals surface area contributed by atoms with Crippen LogP contribution in [-0.2, 0) is 9.53 Å². The lowest BCUT2D eigenvalue weighted by Gasteiger charge is -2.35. The number of hydrogen-bond acceptors (Lipinski definition) is 6. The SMILES string of the molecule is O=C(O)CC[C@H]1COCCN1C(=O)c1ccc(Oc2ccc(N3C[C@@H]4CNCCN4C3=O)cc2)cc1. The first-order chi connectivity index (χ1) is 17.5. The van der Waals surface area contributed by atoms with Crippen LogP contribution in [0.3, 0.4) is 0 Å². The molecule has 3 heterocycles. The van der Waals surface area contributed by atoms with Crippen molar-refractivity contribution in [1.29, 1.82) is 0 Å². The summed E-state index contributed by atoms with van der Waals surface area (Å²) in [6.07, 6.45) is 0.349. The van der Waals surface area contributed by atoms with Gasteiger partial charge < -0.3 is 29.7 Å². The molecular weight excluding hydrogens is 464 g/mol. The minimum atomic E-state index is -0.886. The number of carbonyl (C=O) groups excluding carboxylic acids is 2. The number of anilines is 1. The molecule has 5 rings (SSSR count). The Kier molecular flexibility index (Phi) is 7.06. The zero-order valence-corrected chi connectivity index (χ0v) is 20.0. The van der Waals surface area contributed by atoms with Crippen molar-refractivity contribution in [3.8, 4) is 11.5 Å². The number of rotatable bonds is 7. The molecule has 190 valence electrons. The minimum absolute atomic E-state index is 0.00859. The Morgan fingerprint density at radius 3 is 2.47 bits per heavy atom. The quantitative estimate of drug-likeness (QED) is 0.608. The molecule has 3 fully saturated rings. The van der Waals surface area contributed by atoms with Crippen LogP contribution in [0.2, 0.25) is 0 Å². The molecule has 2 N–H and O–H groups in total.